The Balaban J connectivity index is 1.98. The Bertz CT molecular complexity index is 555. The van der Waals surface area contributed by atoms with Gasteiger partial charge < -0.3 is 14.2 Å². The number of aryl methyl sites for hydroxylation is 3. The van der Waals surface area contributed by atoms with Crippen molar-refractivity contribution in [1.82, 2.24) is 10.3 Å². The second kappa shape index (κ2) is 6.75. The standard InChI is InChI=1S/C16H24N2O2/c1-5-8-17-9-6-7-15-18-10-14(20-15)16-11(2)12(3)19-13(16)4/h10,17H,5-9H2,1-4H3. The van der Waals surface area contributed by atoms with Crippen molar-refractivity contribution in [2.75, 3.05) is 13.1 Å². The van der Waals surface area contributed by atoms with E-state index in [4.69, 9.17) is 8.83 Å². The number of hydrogen-bond donors (Lipinski definition) is 1. The summed E-state index contributed by atoms with van der Waals surface area (Å²) in [5.74, 6) is 3.45. The molecule has 2 aromatic heterocycles. The first kappa shape index (κ1) is 14.9. The van der Waals surface area contributed by atoms with Gasteiger partial charge in [0, 0.05) is 12.0 Å². The SMILES string of the molecule is CCCNCCCc1ncc(-c2c(C)oc(C)c2C)o1. The second-order valence-corrected chi connectivity index (χ2v) is 5.19. The van der Waals surface area contributed by atoms with Gasteiger partial charge in [0.25, 0.3) is 0 Å². The van der Waals surface area contributed by atoms with Gasteiger partial charge in [-0.05, 0) is 46.7 Å². The minimum Gasteiger partial charge on any atom is -0.466 e. The van der Waals surface area contributed by atoms with Crippen LogP contribution >= 0.6 is 0 Å². The Labute approximate surface area is 120 Å². The van der Waals surface area contributed by atoms with Crippen molar-refractivity contribution in [2.45, 2.75) is 47.0 Å². The topological polar surface area (TPSA) is 51.2 Å². The van der Waals surface area contributed by atoms with E-state index in [1.54, 1.807) is 6.20 Å². The molecule has 0 saturated heterocycles. The summed E-state index contributed by atoms with van der Waals surface area (Å²) in [7, 11) is 0. The van der Waals surface area contributed by atoms with Crippen LogP contribution in [0.3, 0.4) is 0 Å². The molecule has 2 heterocycles. The van der Waals surface area contributed by atoms with Gasteiger partial charge in [-0.2, -0.15) is 0 Å². The van der Waals surface area contributed by atoms with Gasteiger partial charge in [0.2, 0.25) is 0 Å². The molecule has 4 nitrogen and oxygen atoms in total. The molecular weight excluding hydrogens is 252 g/mol. The van der Waals surface area contributed by atoms with Crippen molar-refractivity contribution in [3.8, 4) is 11.3 Å². The molecule has 2 aromatic rings. The fraction of sp³-hybridized carbons (Fsp3) is 0.562. The molecule has 0 amide bonds. The van der Waals surface area contributed by atoms with Crippen molar-refractivity contribution in [1.29, 1.82) is 0 Å². The molecule has 20 heavy (non-hydrogen) atoms. The van der Waals surface area contributed by atoms with Crippen LogP contribution < -0.4 is 5.32 Å². The summed E-state index contributed by atoms with van der Waals surface area (Å²) in [5.41, 5.74) is 2.18. The van der Waals surface area contributed by atoms with Gasteiger partial charge in [0.15, 0.2) is 11.7 Å². The molecule has 0 saturated carbocycles. The zero-order chi connectivity index (χ0) is 14.5. The van der Waals surface area contributed by atoms with Gasteiger partial charge in [0.05, 0.1) is 11.8 Å². The van der Waals surface area contributed by atoms with Crippen molar-refractivity contribution >= 4 is 0 Å². The Morgan fingerprint density at radius 2 is 1.90 bits per heavy atom. The summed E-state index contributed by atoms with van der Waals surface area (Å²) < 4.78 is 11.5. The molecular formula is C16H24N2O2. The van der Waals surface area contributed by atoms with Crippen LogP contribution in [0.5, 0.6) is 0 Å². The number of hydrogen-bond acceptors (Lipinski definition) is 4. The molecule has 0 unspecified atom stereocenters. The molecule has 110 valence electrons. The van der Waals surface area contributed by atoms with E-state index in [1.165, 1.54) is 6.42 Å². The number of rotatable bonds is 7. The van der Waals surface area contributed by atoms with Crippen LogP contribution in [-0.2, 0) is 6.42 Å². The molecule has 0 aliphatic rings. The molecule has 0 aliphatic heterocycles. The molecule has 0 aliphatic carbocycles. The lowest BCUT2D eigenvalue weighted by Gasteiger charge is -2.00. The van der Waals surface area contributed by atoms with Crippen LogP contribution in [0.1, 0.15) is 42.7 Å². The Morgan fingerprint density at radius 3 is 2.55 bits per heavy atom. The zero-order valence-electron chi connectivity index (χ0n) is 12.9. The van der Waals surface area contributed by atoms with Crippen molar-refractivity contribution in [3.05, 3.63) is 29.2 Å². The lowest BCUT2D eigenvalue weighted by Crippen LogP contribution is -2.16. The Morgan fingerprint density at radius 1 is 1.10 bits per heavy atom. The third-order valence-electron chi connectivity index (χ3n) is 3.53. The van der Waals surface area contributed by atoms with E-state index in [0.29, 0.717) is 0 Å². The highest BCUT2D eigenvalue weighted by Gasteiger charge is 2.17. The highest BCUT2D eigenvalue weighted by Crippen LogP contribution is 2.31. The van der Waals surface area contributed by atoms with Crippen LogP contribution in [0.2, 0.25) is 0 Å². The Kier molecular flexibility index (Phi) is 5.01. The van der Waals surface area contributed by atoms with E-state index in [9.17, 15) is 0 Å². The molecule has 0 spiro atoms. The molecule has 0 radical (unpaired) electrons. The summed E-state index contributed by atoms with van der Waals surface area (Å²) in [6, 6.07) is 0. The highest BCUT2D eigenvalue weighted by atomic mass is 16.4. The van der Waals surface area contributed by atoms with Gasteiger partial charge >= 0.3 is 0 Å². The maximum Gasteiger partial charge on any atom is 0.194 e. The van der Waals surface area contributed by atoms with E-state index in [-0.39, 0.29) is 0 Å². The van der Waals surface area contributed by atoms with E-state index in [2.05, 4.69) is 24.1 Å². The Hall–Kier alpha value is -1.55. The molecule has 0 aromatic carbocycles. The first-order chi connectivity index (χ1) is 9.63. The van der Waals surface area contributed by atoms with Crippen molar-refractivity contribution in [3.63, 3.8) is 0 Å². The number of furan rings is 1. The summed E-state index contributed by atoms with van der Waals surface area (Å²) in [4.78, 5) is 4.37. The zero-order valence-corrected chi connectivity index (χ0v) is 12.9. The fourth-order valence-corrected chi connectivity index (χ4v) is 2.36. The summed E-state index contributed by atoms with van der Waals surface area (Å²) in [6.45, 7) is 10.2. The van der Waals surface area contributed by atoms with E-state index in [0.717, 1.165) is 60.2 Å². The average molecular weight is 276 g/mol. The van der Waals surface area contributed by atoms with Gasteiger partial charge in [-0.25, -0.2) is 4.98 Å². The van der Waals surface area contributed by atoms with Crippen LogP contribution in [-0.4, -0.2) is 18.1 Å². The molecule has 0 atom stereocenters. The van der Waals surface area contributed by atoms with E-state index < -0.39 is 0 Å². The fourth-order valence-electron chi connectivity index (χ4n) is 2.36. The molecule has 0 bridgehead atoms. The summed E-state index contributed by atoms with van der Waals surface area (Å²) in [5, 5.41) is 3.38. The summed E-state index contributed by atoms with van der Waals surface area (Å²) >= 11 is 0. The largest absolute Gasteiger partial charge is 0.466 e. The van der Waals surface area contributed by atoms with Crippen LogP contribution in [0.25, 0.3) is 11.3 Å². The average Bonchev–Trinajstić information content (AvgIpc) is 2.95. The van der Waals surface area contributed by atoms with Gasteiger partial charge in [-0.3, -0.25) is 0 Å². The van der Waals surface area contributed by atoms with Crippen LogP contribution in [0.4, 0.5) is 0 Å². The maximum absolute atomic E-state index is 5.85. The highest BCUT2D eigenvalue weighted by molar-refractivity contribution is 5.64. The quantitative estimate of drug-likeness (QED) is 0.782. The monoisotopic (exact) mass is 276 g/mol. The smallest absolute Gasteiger partial charge is 0.194 e. The summed E-state index contributed by atoms with van der Waals surface area (Å²) in [6.07, 6.45) is 4.88. The predicted molar refractivity (Wildman–Crippen MR) is 79.9 cm³/mol. The van der Waals surface area contributed by atoms with Crippen molar-refractivity contribution in [2.24, 2.45) is 0 Å². The van der Waals surface area contributed by atoms with Gasteiger partial charge in [-0.1, -0.05) is 6.92 Å². The minimum absolute atomic E-state index is 0.802. The van der Waals surface area contributed by atoms with Gasteiger partial charge in [0.1, 0.15) is 11.5 Å². The number of oxazole rings is 1. The molecule has 4 heteroatoms. The number of aromatic nitrogens is 1. The number of nitrogens with zero attached hydrogens (tertiary/aromatic N) is 1. The number of nitrogens with one attached hydrogen (secondary N) is 1. The predicted octanol–water partition coefficient (Wildman–Crippen LogP) is 3.79. The molecule has 0 fully saturated rings. The lowest BCUT2D eigenvalue weighted by atomic mass is 10.1. The first-order valence-corrected chi connectivity index (χ1v) is 7.35. The molecule has 1 N–H and O–H groups in total. The van der Waals surface area contributed by atoms with E-state index >= 15 is 0 Å². The van der Waals surface area contributed by atoms with Crippen LogP contribution in [0.15, 0.2) is 15.0 Å². The minimum atomic E-state index is 0.802. The van der Waals surface area contributed by atoms with Crippen molar-refractivity contribution < 1.29 is 8.83 Å². The van der Waals surface area contributed by atoms with Gasteiger partial charge in [-0.15, -0.1) is 0 Å². The second-order valence-electron chi connectivity index (χ2n) is 5.19. The normalized spacial score (nSPS) is 11.2. The third-order valence-corrected chi connectivity index (χ3v) is 3.53. The van der Waals surface area contributed by atoms with E-state index in [1.807, 2.05) is 13.8 Å². The van der Waals surface area contributed by atoms with Crippen LogP contribution in [0, 0.1) is 20.8 Å². The maximum atomic E-state index is 5.85. The lowest BCUT2D eigenvalue weighted by molar-refractivity contribution is 0.485. The third kappa shape index (κ3) is 3.31. The first-order valence-electron chi connectivity index (χ1n) is 7.35. The molecule has 2 rings (SSSR count).